The van der Waals surface area contributed by atoms with Crippen molar-refractivity contribution >= 4 is 22.8 Å². The number of anilines is 1. The minimum absolute atomic E-state index is 0.0619. The van der Waals surface area contributed by atoms with Crippen molar-refractivity contribution in [2.75, 3.05) is 12.0 Å². The number of aromatic nitrogens is 2. The lowest BCUT2D eigenvalue weighted by Crippen LogP contribution is -2.42. The second kappa shape index (κ2) is 10.5. The molecule has 2 aliphatic rings. The topological polar surface area (TPSA) is 87.8 Å². The standard InChI is InChI=1S/C30H39N3O4/c1-18(2)26(20-8-6-5-7-9-20)28-31-27-23-15-10-19(3)32(30(36)37-4)24(23)16-17-25(27)33(28)22-13-11-21(12-14-22)29(34)35/h5-9,16-19,21-22,26,29,34-35H,10-15H2,1-4H3/t19-,21?,22?,26?/m0/s1. The first-order valence-electron chi connectivity index (χ1n) is 13.6. The number of amides is 1. The number of nitrogens with zero attached hydrogens (tertiary/aromatic N) is 3. The summed E-state index contributed by atoms with van der Waals surface area (Å²) >= 11 is 0. The predicted molar refractivity (Wildman–Crippen MR) is 145 cm³/mol. The Bertz CT molecular complexity index is 1240. The van der Waals surface area contributed by atoms with Crippen molar-refractivity contribution in [1.29, 1.82) is 0 Å². The van der Waals surface area contributed by atoms with E-state index in [0.29, 0.717) is 5.92 Å². The molecule has 37 heavy (non-hydrogen) atoms. The first-order chi connectivity index (χ1) is 17.8. The normalized spacial score (nSPS) is 22.9. The molecular formula is C30H39N3O4. The van der Waals surface area contributed by atoms with Gasteiger partial charge < -0.3 is 19.5 Å². The van der Waals surface area contributed by atoms with Crippen LogP contribution in [0.3, 0.4) is 0 Å². The van der Waals surface area contributed by atoms with Gasteiger partial charge in [-0.25, -0.2) is 9.78 Å². The number of hydrogen-bond acceptors (Lipinski definition) is 5. The number of fused-ring (bicyclic) bond motifs is 3. The monoisotopic (exact) mass is 505 g/mol. The average Bonchev–Trinajstić information content (AvgIpc) is 3.27. The van der Waals surface area contributed by atoms with Gasteiger partial charge in [-0.3, -0.25) is 4.90 Å². The maximum absolute atomic E-state index is 12.7. The fourth-order valence-electron chi connectivity index (χ4n) is 6.55. The van der Waals surface area contributed by atoms with Crippen molar-refractivity contribution in [2.24, 2.45) is 11.8 Å². The van der Waals surface area contributed by atoms with E-state index in [0.717, 1.165) is 66.6 Å². The summed E-state index contributed by atoms with van der Waals surface area (Å²) in [5, 5.41) is 19.5. The third-order valence-corrected chi connectivity index (χ3v) is 8.48. The molecule has 198 valence electrons. The van der Waals surface area contributed by atoms with E-state index < -0.39 is 6.29 Å². The molecule has 3 aromatic rings. The van der Waals surface area contributed by atoms with Gasteiger partial charge in [0, 0.05) is 29.5 Å². The summed E-state index contributed by atoms with van der Waals surface area (Å²) in [5.74, 6) is 1.42. The number of imidazole rings is 1. The molecule has 1 unspecified atom stereocenters. The molecule has 0 spiro atoms. The van der Waals surface area contributed by atoms with Crippen LogP contribution in [0.15, 0.2) is 42.5 Å². The van der Waals surface area contributed by atoms with E-state index in [1.807, 2.05) is 6.07 Å². The number of methoxy groups -OCH3 is 1. The molecule has 1 aromatic heterocycles. The van der Waals surface area contributed by atoms with Crippen LogP contribution in [0, 0.1) is 11.8 Å². The molecule has 1 fully saturated rings. The quantitative estimate of drug-likeness (QED) is 0.430. The summed E-state index contributed by atoms with van der Waals surface area (Å²) in [6, 6.07) is 15.1. The minimum Gasteiger partial charge on any atom is -0.452 e. The highest BCUT2D eigenvalue weighted by atomic mass is 16.5. The van der Waals surface area contributed by atoms with Crippen LogP contribution < -0.4 is 4.90 Å². The summed E-state index contributed by atoms with van der Waals surface area (Å²) in [4.78, 5) is 19.9. The van der Waals surface area contributed by atoms with E-state index in [2.05, 4.69) is 61.7 Å². The maximum Gasteiger partial charge on any atom is 0.414 e. The zero-order chi connectivity index (χ0) is 26.3. The number of aliphatic hydroxyl groups excluding tert-OH is 1. The molecule has 1 aliphatic carbocycles. The van der Waals surface area contributed by atoms with Crippen molar-refractivity contribution in [2.45, 2.75) is 83.6 Å². The average molecular weight is 506 g/mol. The van der Waals surface area contributed by atoms with E-state index in [-0.39, 0.29) is 30.0 Å². The Hall–Kier alpha value is -2.90. The van der Waals surface area contributed by atoms with Gasteiger partial charge in [0.1, 0.15) is 5.82 Å². The number of aryl methyl sites for hydroxylation is 1. The third-order valence-electron chi connectivity index (χ3n) is 8.48. The molecule has 1 aliphatic heterocycles. The van der Waals surface area contributed by atoms with Crippen molar-refractivity contribution in [3.8, 4) is 0 Å². The summed E-state index contributed by atoms with van der Waals surface area (Å²) in [6.45, 7) is 6.55. The van der Waals surface area contributed by atoms with Gasteiger partial charge in [0.25, 0.3) is 0 Å². The van der Waals surface area contributed by atoms with Gasteiger partial charge in [0.2, 0.25) is 0 Å². The second-order valence-electron chi connectivity index (χ2n) is 11.1. The summed E-state index contributed by atoms with van der Waals surface area (Å²) in [6.07, 6.45) is 3.43. The molecule has 2 atom stereocenters. The SMILES string of the molecule is COC(=O)N1c2ccc3c(nc(C(c4ccccc4)C(C)C)n3C3CCC(C(O)O)CC3)c2CC[C@@H]1C. The van der Waals surface area contributed by atoms with E-state index >= 15 is 0 Å². The molecule has 2 N–H and O–H groups in total. The lowest BCUT2D eigenvalue weighted by molar-refractivity contribution is -0.0952. The van der Waals surface area contributed by atoms with Crippen LogP contribution in [0.1, 0.15) is 81.8 Å². The molecule has 7 heteroatoms. The zero-order valence-electron chi connectivity index (χ0n) is 22.3. The maximum atomic E-state index is 12.7. The number of aliphatic hydroxyl groups is 2. The lowest BCUT2D eigenvalue weighted by atomic mass is 9.84. The van der Waals surface area contributed by atoms with Gasteiger partial charge in [-0.05, 0) is 69.1 Å². The molecular weight excluding hydrogens is 466 g/mol. The molecule has 1 saturated carbocycles. The largest absolute Gasteiger partial charge is 0.452 e. The van der Waals surface area contributed by atoms with Crippen molar-refractivity contribution in [3.63, 3.8) is 0 Å². The number of hydrogen-bond donors (Lipinski definition) is 2. The molecule has 7 nitrogen and oxygen atoms in total. The van der Waals surface area contributed by atoms with E-state index in [1.54, 1.807) is 4.90 Å². The van der Waals surface area contributed by atoms with Crippen LogP contribution >= 0.6 is 0 Å². The zero-order valence-corrected chi connectivity index (χ0v) is 22.3. The van der Waals surface area contributed by atoms with Gasteiger partial charge >= 0.3 is 6.09 Å². The molecule has 2 heterocycles. The van der Waals surface area contributed by atoms with Crippen molar-refractivity contribution in [1.82, 2.24) is 9.55 Å². The fraction of sp³-hybridized carbons (Fsp3) is 0.533. The molecule has 0 bridgehead atoms. The smallest absolute Gasteiger partial charge is 0.414 e. The highest BCUT2D eigenvalue weighted by molar-refractivity contribution is 5.95. The molecule has 0 saturated heterocycles. The Labute approximate surface area is 219 Å². The number of rotatable bonds is 5. The number of carbonyl (C=O) groups excluding carboxylic acids is 1. The van der Waals surface area contributed by atoms with Gasteiger partial charge in [-0.15, -0.1) is 0 Å². The van der Waals surface area contributed by atoms with Crippen LogP contribution in [0.25, 0.3) is 11.0 Å². The molecule has 5 rings (SSSR count). The third kappa shape index (κ3) is 4.64. The summed E-state index contributed by atoms with van der Waals surface area (Å²) in [5.41, 5.74) is 5.31. The predicted octanol–water partition coefficient (Wildman–Crippen LogP) is 5.77. The summed E-state index contributed by atoms with van der Waals surface area (Å²) in [7, 11) is 1.43. The Kier molecular flexibility index (Phi) is 7.28. The van der Waals surface area contributed by atoms with Gasteiger partial charge in [0.15, 0.2) is 6.29 Å². The minimum atomic E-state index is -1.26. The summed E-state index contributed by atoms with van der Waals surface area (Å²) < 4.78 is 7.57. The fourth-order valence-corrected chi connectivity index (χ4v) is 6.55. The van der Waals surface area contributed by atoms with Crippen molar-refractivity contribution in [3.05, 3.63) is 59.4 Å². The first-order valence-corrected chi connectivity index (χ1v) is 13.6. The lowest BCUT2D eigenvalue weighted by Gasteiger charge is -2.34. The number of carbonyl (C=O) groups is 1. The van der Waals surface area contributed by atoms with E-state index in [1.165, 1.54) is 12.7 Å². The van der Waals surface area contributed by atoms with Crippen LogP contribution in [-0.4, -0.2) is 45.3 Å². The Balaban J connectivity index is 1.69. The van der Waals surface area contributed by atoms with Crippen LogP contribution in [0.4, 0.5) is 10.5 Å². The van der Waals surface area contributed by atoms with Crippen LogP contribution in [0.2, 0.25) is 0 Å². The van der Waals surface area contributed by atoms with Gasteiger partial charge in [-0.2, -0.15) is 0 Å². The van der Waals surface area contributed by atoms with E-state index in [4.69, 9.17) is 9.72 Å². The Morgan fingerprint density at radius 2 is 1.73 bits per heavy atom. The van der Waals surface area contributed by atoms with Gasteiger partial charge in [-0.1, -0.05) is 44.2 Å². The number of benzene rings is 2. The Morgan fingerprint density at radius 3 is 2.35 bits per heavy atom. The van der Waals surface area contributed by atoms with Gasteiger partial charge in [0.05, 0.1) is 23.8 Å². The molecule has 0 radical (unpaired) electrons. The van der Waals surface area contributed by atoms with Crippen LogP contribution in [0.5, 0.6) is 0 Å². The Morgan fingerprint density at radius 1 is 1.03 bits per heavy atom. The molecule has 1 amide bonds. The highest BCUT2D eigenvalue weighted by Crippen LogP contribution is 2.43. The highest BCUT2D eigenvalue weighted by Gasteiger charge is 2.35. The second-order valence-corrected chi connectivity index (χ2v) is 11.1. The van der Waals surface area contributed by atoms with Crippen LogP contribution in [-0.2, 0) is 11.2 Å². The first kappa shape index (κ1) is 25.7. The number of ether oxygens (including phenoxy) is 1. The van der Waals surface area contributed by atoms with E-state index in [9.17, 15) is 15.0 Å². The van der Waals surface area contributed by atoms with Crippen molar-refractivity contribution < 1.29 is 19.7 Å². The molecule has 2 aromatic carbocycles.